The smallest absolute Gasteiger partial charge is 0.248 e. The molecule has 4 atom stereocenters. The number of piperidine rings is 1. The molecule has 0 aromatic heterocycles. The first kappa shape index (κ1) is 14.8. The molecule has 1 saturated carbocycles. The minimum absolute atomic E-state index is 0.136. The fourth-order valence-corrected chi connectivity index (χ4v) is 3.37. The molecule has 1 aliphatic carbocycles. The van der Waals surface area contributed by atoms with E-state index >= 15 is 0 Å². The van der Waals surface area contributed by atoms with Crippen LogP contribution in [0.2, 0.25) is 0 Å². The van der Waals surface area contributed by atoms with Gasteiger partial charge in [-0.15, -0.1) is 0 Å². The Labute approximate surface area is 116 Å². The molecule has 2 aliphatic rings. The van der Waals surface area contributed by atoms with Crippen molar-refractivity contribution in [3.05, 3.63) is 0 Å². The Morgan fingerprint density at radius 1 is 1.26 bits per heavy atom. The minimum Gasteiger partial charge on any atom is -0.368 e. The molecule has 19 heavy (non-hydrogen) atoms. The van der Waals surface area contributed by atoms with Gasteiger partial charge in [-0.2, -0.15) is 0 Å². The Kier molecular flexibility index (Phi) is 5.22. The van der Waals surface area contributed by atoms with Gasteiger partial charge in [0.05, 0.1) is 6.10 Å². The summed E-state index contributed by atoms with van der Waals surface area (Å²) < 4.78 is 5.86. The van der Waals surface area contributed by atoms with E-state index in [1.807, 2.05) is 4.90 Å². The lowest BCUT2D eigenvalue weighted by Gasteiger charge is -2.37. The first-order chi connectivity index (χ1) is 9.08. The molecule has 0 aromatic carbocycles. The Morgan fingerprint density at radius 2 is 2.00 bits per heavy atom. The lowest BCUT2D eigenvalue weighted by molar-refractivity contribution is -0.143. The van der Waals surface area contributed by atoms with Gasteiger partial charge >= 0.3 is 0 Å². The summed E-state index contributed by atoms with van der Waals surface area (Å²) in [6, 6.07) is 0.502. The van der Waals surface area contributed by atoms with E-state index < -0.39 is 0 Å². The molecule has 4 nitrogen and oxygen atoms in total. The van der Waals surface area contributed by atoms with Crippen LogP contribution in [0.4, 0.5) is 0 Å². The number of rotatable bonds is 3. The fourth-order valence-electron chi connectivity index (χ4n) is 3.37. The molecule has 4 heteroatoms. The van der Waals surface area contributed by atoms with Gasteiger partial charge in [0, 0.05) is 18.6 Å². The number of nitrogens with zero attached hydrogens (tertiary/aromatic N) is 1. The van der Waals surface area contributed by atoms with Gasteiger partial charge in [0.2, 0.25) is 5.91 Å². The Balaban J connectivity index is 1.77. The zero-order chi connectivity index (χ0) is 13.8. The molecule has 110 valence electrons. The second-order valence-corrected chi connectivity index (χ2v) is 6.33. The SMILES string of the molecule is C[C@@H]1CCCC[C@@H]1OCC(=O)N1CC[C@@H](N)C[C@H]1C. The molecular weight excluding hydrogens is 240 g/mol. The minimum atomic E-state index is 0.136. The van der Waals surface area contributed by atoms with Crippen LogP contribution in [-0.4, -0.2) is 42.1 Å². The number of hydrogen-bond donors (Lipinski definition) is 1. The third-order valence-corrected chi connectivity index (χ3v) is 4.69. The van der Waals surface area contributed by atoms with Crippen molar-refractivity contribution in [3.63, 3.8) is 0 Å². The van der Waals surface area contributed by atoms with Crippen molar-refractivity contribution in [1.82, 2.24) is 4.90 Å². The van der Waals surface area contributed by atoms with E-state index in [2.05, 4.69) is 13.8 Å². The molecule has 2 N–H and O–H groups in total. The predicted molar refractivity (Wildman–Crippen MR) is 75.8 cm³/mol. The summed E-state index contributed by atoms with van der Waals surface area (Å²) >= 11 is 0. The van der Waals surface area contributed by atoms with Crippen LogP contribution in [0.1, 0.15) is 52.4 Å². The van der Waals surface area contributed by atoms with Gasteiger partial charge in [-0.3, -0.25) is 4.79 Å². The van der Waals surface area contributed by atoms with Crippen molar-refractivity contribution in [2.24, 2.45) is 11.7 Å². The van der Waals surface area contributed by atoms with Crippen LogP contribution in [0.25, 0.3) is 0 Å². The third-order valence-electron chi connectivity index (χ3n) is 4.69. The van der Waals surface area contributed by atoms with Crippen LogP contribution in [0, 0.1) is 5.92 Å². The van der Waals surface area contributed by atoms with Crippen LogP contribution < -0.4 is 5.73 Å². The highest BCUT2D eigenvalue weighted by Crippen LogP contribution is 2.26. The molecule has 0 spiro atoms. The summed E-state index contributed by atoms with van der Waals surface area (Å²) in [7, 11) is 0. The van der Waals surface area contributed by atoms with E-state index in [9.17, 15) is 4.79 Å². The summed E-state index contributed by atoms with van der Waals surface area (Å²) in [5, 5.41) is 0. The molecule has 1 amide bonds. The van der Waals surface area contributed by atoms with E-state index in [-0.39, 0.29) is 30.7 Å². The largest absolute Gasteiger partial charge is 0.368 e. The number of amides is 1. The van der Waals surface area contributed by atoms with E-state index in [0.717, 1.165) is 25.8 Å². The maximum absolute atomic E-state index is 12.2. The fraction of sp³-hybridized carbons (Fsp3) is 0.933. The summed E-state index contributed by atoms with van der Waals surface area (Å²) in [5.74, 6) is 0.728. The first-order valence-electron chi connectivity index (χ1n) is 7.74. The maximum Gasteiger partial charge on any atom is 0.248 e. The Morgan fingerprint density at radius 3 is 2.68 bits per heavy atom. The molecule has 1 aliphatic heterocycles. The number of hydrogen-bond acceptors (Lipinski definition) is 3. The number of nitrogens with two attached hydrogens (primary N) is 1. The quantitative estimate of drug-likeness (QED) is 0.851. The van der Waals surface area contributed by atoms with Crippen molar-refractivity contribution in [1.29, 1.82) is 0 Å². The van der Waals surface area contributed by atoms with Crippen molar-refractivity contribution in [3.8, 4) is 0 Å². The zero-order valence-electron chi connectivity index (χ0n) is 12.3. The standard InChI is InChI=1S/C15H28N2O2/c1-11-5-3-4-6-14(11)19-10-15(18)17-8-7-13(16)9-12(17)2/h11-14H,3-10,16H2,1-2H3/t11-,12-,13-,14+/m1/s1. The lowest BCUT2D eigenvalue weighted by atomic mass is 9.88. The molecule has 1 heterocycles. The number of carbonyl (C=O) groups is 1. The zero-order valence-corrected chi connectivity index (χ0v) is 12.3. The van der Waals surface area contributed by atoms with Crippen molar-refractivity contribution in [2.75, 3.05) is 13.2 Å². The summed E-state index contributed by atoms with van der Waals surface area (Å²) in [6.07, 6.45) is 6.97. The molecule has 0 aromatic rings. The van der Waals surface area contributed by atoms with Gasteiger partial charge in [0.25, 0.3) is 0 Å². The normalized spacial score (nSPS) is 36.3. The summed E-state index contributed by atoms with van der Waals surface area (Å²) in [5.41, 5.74) is 5.93. The molecule has 1 saturated heterocycles. The Hall–Kier alpha value is -0.610. The average Bonchev–Trinajstić information content (AvgIpc) is 2.37. The van der Waals surface area contributed by atoms with Gasteiger partial charge in [-0.25, -0.2) is 0 Å². The van der Waals surface area contributed by atoms with Gasteiger partial charge in [-0.05, 0) is 38.5 Å². The van der Waals surface area contributed by atoms with Crippen LogP contribution in [0.3, 0.4) is 0 Å². The second kappa shape index (κ2) is 6.71. The summed E-state index contributed by atoms with van der Waals surface area (Å²) in [4.78, 5) is 14.2. The Bertz CT molecular complexity index is 309. The number of carbonyl (C=O) groups excluding carboxylic acids is 1. The van der Waals surface area contributed by atoms with Gasteiger partial charge in [0.1, 0.15) is 6.61 Å². The lowest BCUT2D eigenvalue weighted by Crippen LogP contribution is -2.49. The molecular formula is C15H28N2O2. The van der Waals surface area contributed by atoms with Crippen LogP contribution in [-0.2, 0) is 9.53 Å². The van der Waals surface area contributed by atoms with Crippen LogP contribution in [0.15, 0.2) is 0 Å². The highest BCUT2D eigenvalue weighted by molar-refractivity contribution is 5.77. The highest BCUT2D eigenvalue weighted by atomic mass is 16.5. The summed E-state index contributed by atoms with van der Waals surface area (Å²) in [6.45, 7) is 5.34. The second-order valence-electron chi connectivity index (χ2n) is 6.33. The predicted octanol–water partition coefficient (Wildman–Crippen LogP) is 1.92. The first-order valence-corrected chi connectivity index (χ1v) is 7.74. The van der Waals surface area contributed by atoms with Crippen molar-refractivity contribution >= 4 is 5.91 Å². The molecule has 2 fully saturated rings. The van der Waals surface area contributed by atoms with Gasteiger partial charge in [0.15, 0.2) is 0 Å². The van der Waals surface area contributed by atoms with Gasteiger partial charge in [-0.1, -0.05) is 19.8 Å². The van der Waals surface area contributed by atoms with Crippen LogP contribution >= 0.6 is 0 Å². The number of ether oxygens (including phenoxy) is 1. The average molecular weight is 268 g/mol. The molecule has 0 radical (unpaired) electrons. The van der Waals surface area contributed by atoms with E-state index in [4.69, 9.17) is 10.5 Å². The van der Waals surface area contributed by atoms with Crippen LogP contribution in [0.5, 0.6) is 0 Å². The van der Waals surface area contributed by atoms with E-state index in [0.29, 0.717) is 5.92 Å². The van der Waals surface area contributed by atoms with Crippen molar-refractivity contribution < 1.29 is 9.53 Å². The van der Waals surface area contributed by atoms with E-state index in [1.165, 1.54) is 19.3 Å². The third kappa shape index (κ3) is 3.93. The maximum atomic E-state index is 12.2. The monoisotopic (exact) mass is 268 g/mol. The molecule has 0 bridgehead atoms. The topological polar surface area (TPSA) is 55.6 Å². The molecule has 2 rings (SSSR count). The molecule has 0 unspecified atom stereocenters. The van der Waals surface area contributed by atoms with E-state index in [1.54, 1.807) is 0 Å². The van der Waals surface area contributed by atoms with Gasteiger partial charge < -0.3 is 15.4 Å². The van der Waals surface area contributed by atoms with Crippen molar-refractivity contribution in [2.45, 2.75) is 70.6 Å². The number of likely N-dealkylation sites (tertiary alicyclic amines) is 1. The highest BCUT2D eigenvalue weighted by Gasteiger charge is 2.28.